The lowest BCUT2D eigenvalue weighted by Gasteiger charge is -2.19. The largest absolute Gasteiger partial charge is 0.341 e. The van der Waals surface area contributed by atoms with Gasteiger partial charge >= 0.3 is 0 Å². The second-order valence-corrected chi connectivity index (χ2v) is 6.27. The van der Waals surface area contributed by atoms with Crippen LogP contribution in [0.4, 0.5) is 5.82 Å². The van der Waals surface area contributed by atoms with Crippen molar-refractivity contribution >= 4 is 17.6 Å². The van der Waals surface area contributed by atoms with Gasteiger partial charge in [-0.15, -0.1) is 0 Å². The Kier molecular flexibility index (Phi) is 5.79. The van der Waals surface area contributed by atoms with Crippen molar-refractivity contribution in [2.45, 2.75) is 25.3 Å². The van der Waals surface area contributed by atoms with E-state index in [2.05, 4.69) is 26.1 Å². The quantitative estimate of drug-likeness (QED) is 0.615. The molecule has 132 valence electrons. The maximum atomic E-state index is 12.6. The van der Waals surface area contributed by atoms with Gasteiger partial charge in [0.2, 0.25) is 5.91 Å². The van der Waals surface area contributed by atoms with Gasteiger partial charge in [0.1, 0.15) is 11.9 Å². The van der Waals surface area contributed by atoms with E-state index in [9.17, 15) is 9.59 Å². The van der Waals surface area contributed by atoms with Gasteiger partial charge in [-0.2, -0.15) is 5.10 Å². The number of hydrogen-bond acceptors (Lipinski definition) is 4. The van der Waals surface area contributed by atoms with Crippen molar-refractivity contribution in [3.63, 3.8) is 0 Å². The first kappa shape index (κ1) is 17.2. The lowest BCUT2D eigenvalue weighted by atomic mass is 10.0. The van der Waals surface area contributed by atoms with Gasteiger partial charge in [-0.25, -0.2) is 0 Å². The lowest BCUT2D eigenvalue weighted by Crippen LogP contribution is -2.37. The normalized spacial score (nSPS) is 17.8. The van der Waals surface area contributed by atoms with E-state index < -0.39 is 6.04 Å². The third kappa shape index (κ3) is 4.90. The number of H-pyrrole nitrogens is 1. The minimum atomic E-state index is -0.737. The van der Waals surface area contributed by atoms with E-state index >= 15 is 0 Å². The van der Waals surface area contributed by atoms with Crippen LogP contribution in [-0.4, -0.2) is 35.1 Å². The van der Waals surface area contributed by atoms with E-state index in [0.29, 0.717) is 18.2 Å². The number of aromatic nitrogens is 2. The highest BCUT2D eigenvalue weighted by Crippen LogP contribution is 2.17. The van der Waals surface area contributed by atoms with Crippen LogP contribution in [0.3, 0.4) is 0 Å². The topological polar surface area (TPSA) is 98.9 Å². The number of benzene rings is 1. The monoisotopic (exact) mass is 341 g/mol. The van der Waals surface area contributed by atoms with Crippen LogP contribution in [0.5, 0.6) is 0 Å². The Morgan fingerprint density at radius 1 is 1.24 bits per heavy atom. The number of carbonyl (C=O) groups excluding carboxylic acids is 2. The Labute approximate surface area is 146 Å². The molecule has 1 aromatic heterocycles. The Morgan fingerprint density at radius 3 is 2.76 bits per heavy atom. The Morgan fingerprint density at radius 2 is 2.08 bits per heavy atom. The van der Waals surface area contributed by atoms with Crippen LogP contribution < -0.4 is 16.0 Å². The third-order valence-corrected chi connectivity index (χ3v) is 4.40. The fourth-order valence-electron chi connectivity index (χ4n) is 3.01. The van der Waals surface area contributed by atoms with Gasteiger partial charge in [0.25, 0.3) is 5.91 Å². The summed E-state index contributed by atoms with van der Waals surface area (Å²) in [5.41, 5.74) is 0.746. The molecule has 0 saturated carbocycles. The molecule has 3 rings (SSSR count). The van der Waals surface area contributed by atoms with Gasteiger partial charge in [0.15, 0.2) is 0 Å². The van der Waals surface area contributed by atoms with Crippen LogP contribution in [0.15, 0.2) is 42.6 Å². The molecule has 0 bridgehead atoms. The predicted octanol–water partition coefficient (Wildman–Crippen LogP) is 1.60. The number of aromatic amines is 1. The summed E-state index contributed by atoms with van der Waals surface area (Å²) in [5, 5.41) is 15.4. The average Bonchev–Trinajstić information content (AvgIpc) is 3.32. The SMILES string of the molecule is O=C(CCC1CCNC1)NC(C(=O)Nc1ccn[nH]1)c1ccccc1. The van der Waals surface area contributed by atoms with Crippen molar-refractivity contribution in [1.29, 1.82) is 0 Å². The highest BCUT2D eigenvalue weighted by molar-refractivity contribution is 5.97. The Balaban J connectivity index is 1.63. The summed E-state index contributed by atoms with van der Waals surface area (Å²) in [6.07, 6.45) is 3.92. The van der Waals surface area contributed by atoms with Gasteiger partial charge < -0.3 is 16.0 Å². The molecule has 2 atom stereocenters. The molecule has 1 fully saturated rings. The zero-order valence-corrected chi connectivity index (χ0v) is 14.0. The Bertz CT molecular complexity index is 681. The van der Waals surface area contributed by atoms with Crippen LogP contribution in [0.1, 0.15) is 30.9 Å². The van der Waals surface area contributed by atoms with Crippen molar-refractivity contribution in [2.75, 3.05) is 18.4 Å². The minimum absolute atomic E-state index is 0.111. The first-order chi connectivity index (χ1) is 12.2. The van der Waals surface area contributed by atoms with Gasteiger partial charge in [-0.05, 0) is 37.4 Å². The molecule has 1 aliphatic rings. The fourth-order valence-corrected chi connectivity index (χ4v) is 3.01. The first-order valence-corrected chi connectivity index (χ1v) is 8.57. The second kappa shape index (κ2) is 8.43. The maximum absolute atomic E-state index is 12.6. The Hall–Kier alpha value is -2.67. The third-order valence-electron chi connectivity index (χ3n) is 4.40. The van der Waals surface area contributed by atoms with Crippen LogP contribution in [-0.2, 0) is 9.59 Å². The van der Waals surface area contributed by atoms with E-state index in [1.54, 1.807) is 12.3 Å². The molecule has 2 aromatic rings. The lowest BCUT2D eigenvalue weighted by molar-refractivity contribution is -0.126. The number of rotatable bonds is 7. The van der Waals surface area contributed by atoms with E-state index in [1.165, 1.54) is 0 Å². The summed E-state index contributed by atoms with van der Waals surface area (Å²) >= 11 is 0. The van der Waals surface area contributed by atoms with Crippen LogP contribution in [0.2, 0.25) is 0 Å². The van der Waals surface area contributed by atoms with Crippen molar-refractivity contribution < 1.29 is 9.59 Å². The summed E-state index contributed by atoms with van der Waals surface area (Å²) in [5.74, 6) is 0.629. The molecule has 2 amide bonds. The van der Waals surface area contributed by atoms with Crippen molar-refractivity contribution in [2.24, 2.45) is 5.92 Å². The zero-order chi connectivity index (χ0) is 17.5. The number of carbonyl (C=O) groups is 2. The summed E-state index contributed by atoms with van der Waals surface area (Å²) in [7, 11) is 0. The molecule has 1 aromatic carbocycles. The summed E-state index contributed by atoms with van der Waals surface area (Å²) in [6, 6.07) is 10.2. The molecule has 25 heavy (non-hydrogen) atoms. The van der Waals surface area contributed by atoms with Crippen molar-refractivity contribution in [1.82, 2.24) is 20.8 Å². The predicted molar refractivity (Wildman–Crippen MR) is 94.8 cm³/mol. The molecule has 2 heterocycles. The van der Waals surface area contributed by atoms with Crippen molar-refractivity contribution in [3.8, 4) is 0 Å². The van der Waals surface area contributed by atoms with Crippen LogP contribution >= 0.6 is 0 Å². The molecule has 1 aliphatic heterocycles. The standard InChI is InChI=1S/C18H23N5O2/c24-16(7-6-13-8-10-19-12-13)22-17(14-4-2-1-3-5-14)18(25)21-15-9-11-20-23-15/h1-5,9,11,13,17,19H,6-8,10,12H2,(H,22,24)(H2,20,21,23,25). The summed E-state index contributed by atoms with van der Waals surface area (Å²) < 4.78 is 0. The smallest absolute Gasteiger partial charge is 0.252 e. The first-order valence-electron chi connectivity index (χ1n) is 8.57. The summed E-state index contributed by atoms with van der Waals surface area (Å²) in [4.78, 5) is 25.0. The molecule has 0 radical (unpaired) electrons. The number of amides is 2. The van der Waals surface area contributed by atoms with Gasteiger partial charge in [-0.3, -0.25) is 14.7 Å². The van der Waals surface area contributed by atoms with Gasteiger partial charge in [-0.1, -0.05) is 30.3 Å². The van der Waals surface area contributed by atoms with Crippen molar-refractivity contribution in [3.05, 3.63) is 48.2 Å². The average molecular weight is 341 g/mol. The number of nitrogens with one attached hydrogen (secondary N) is 4. The van der Waals surface area contributed by atoms with Crippen LogP contribution in [0, 0.1) is 5.92 Å². The van der Waals surface area contributed by atoms with E-state index in [0.717, 1.165) is 31.5 Å². The molecule has 2 unspecified atom stereocenters. The molecule has 4 N–H and O–H groups in total. The number of hydrogen-bond donors (Lipinski definition) is 4. The second-order valence-electron chi connectivity index (χ2n) is 6.27. The summed E-state index contributed by atoms with van der Waals surface area (Å²) in [6.45, 7) is 1.99. The molecular weight excluding hydrogens is 318 g/mol. The van der Waals surface area contributed by atoms with E-state index in [4.69, 9.17) is 0 Å². The number of anilines is 1. The molecule has 7 nitrogen and oxygen atoms in total. The zero-order valence-electron chi connectivity index (χ0n) is 14.0. The minimum Gasteiger partial charge on any atom is -0.341 e. The molecule has 0 aliphatic carbocycles. The van der Waals surface area contributed by atoms with E-state index in [1.807, 2.05) is 30.3 Å². The fraction of sp³-hybridized carbons (Fsp3) is 0.389. The molecular formula is C18H23N5O2. The highest BCUT2D eigenvalue weighted by Gasteiger charge is 2.24. The maximum Gasteiger partial charge on any atom is 0.252 e. The van der Waals surface area contributed by atoms with Gasteiger partial charge in [0.05, 0.1) is 6.20 Å². The molecule has 0 spiro atoms. The number of nitrogens with zero attached hydrogens (tertiary/aromatic N) is 1. The van der Waals surface area contributed by atoms with Crippen LogP contribution in [0.25, 0.3) is 0 Å². The van der Waals surface area contributed by atoms with Gasteiger partial charge in [0, 0.05) is 12.5 Å². The highest BCUT2D eigenvalue weighted by atomic mass is 16.2. The molecule has 7 heteroatoms. The molecule has 1 saturated heterocycles. The van der Waals surface area contributed by atoms with E-state index in [-0.39, 0.29) is 11.8 Å².